The molecule has 0 atom stereocenters. The van der Waals surface area contributed by atoms with Crippen molar-refractivity contribution in [2.75, 3.05) is 0 Å². The number of hydrogen-bond acceptors (Lipinski definition) is 3. The Hall–Kier alpha value is -4.59. The van der Waals surface area contributed by atoms with Gasteiger partial charge in [0, 0.05) is 19.4 Å². The van der Waals surface area contributed by atoms with Crippen molar-refractivity contribution in [1.82, 2.24) is 4.90 Å². The molecule has 0 spiro atoms. The maximum absolute atomic E-state index is 14.0. The maximum Gasteiger partial charge on any atom is 0.573 e. The Morgan fingerprint density at radius 3 is 1.52 bits per heavy atom. The summed E-state index contributed by atoms with van der Waals surface area (Å²) in [7, 11) is 0. The molecule has 4 aromatic carbocycles. The van der Waals surface area contributed by atoms with Crippen LogP contribution in [0.25, 0.3) is 0 Å². The number of carboxylic acids is 1. The van der Waals surface area contributed by atoms with Crippen LogP contribution in [0.2, 0.25) is 0 Å². The van der Waals surface area contributed by atoms with Gasteiger partial charge in [0.15, 0.2) is 0 Å². The number of carboxylic acid groups (broad SMARTS) is 1. The number of carbonyl (C=O) groups excluding carboxylic acids is 1. The molecule has 0 saturated heterocycles. The fraction of sp³-hybridized carbons (Fsp3) is 0.188. The van der Waals surface area contributed by atoms with Gasteiger partial charge in [-0.05, 0) is 34.4 Å². The molecule has 0 bridgehead atoms. The Balaban J connectivity index is 1.79. The third-order valence-corrected chi connectivity index (χ3v) is 6.59. The molecule has 5 nitrogen and oxygen atoms in total. The van der Waals surface area contributed by atoms with E-state index in [1.165, 1.54) is 17.0 Å². The van der Waals surface area contributed by atoms with Crippen LogP contribution in [0.1, 0.15) is 22.3 Å². The first kappa shape index (κ1) is 28.4. The van der Waals surface area contributed by atoms with Crippen molar-refractivity contribution in [3.05, 3.63) is 138 Å². The van der Waals surface area contributed by atoms with E-state index < -0.39 is 29.5 Å². The molecule has 1 N–H and O–H groups in total. The highest BCUT2D eigenvalue weighted by Crippen LogP contribution is 2.31. The Kier molecular flexibility index (Phi) is 8.89. The van der Waals surface area contributed by atoms with Gasteiger partial charge in [-0.25, -0.2) is 4.79 Å². The lowest BCUT2D eigenvalue weighted by Crippen LogP contribution is -2.60. The smallest absolute Gasteiger partial charge is 0.479 e. The summed E-state index contributed by atoms with van der Waals surface area (Å²) in [5, 5.41) is 10.8. The SMILES string of the molecule is O=C(Cc1ccccc1)N(Cc1ccc(OC(F)(F)F)cc1)C(Cc1ccccc1)(Cc1ccccc1)C(=O)O. The van der Waals surface area contributed by atoms with Crippen molar-refractivity contribution in [3.8, 4) is 5.75 Å². The molecule has 0 heterocycles. The third kappa shape index (κ3) is 7.50. The number of carbonyl (C=O) groups is 2. The molecule has 0 aliphatic carbocycles. The second kappa shape index (κ2) is 12.5. The van der Waals surface area contributed by atoms with Gasteiger partial charge in [0.05, 0.1) is 6.42 Å². The highest BCUT2D eigenvalue weighted by Gasteiger charge is 2.47. The molecule has 4 aromatic rings. The highest BCUT2D eigenvalue weighted by molar-refractivity contribution is 5.89. The van der Waals surface area contributed by atoms with E-state index in [1.54, 1.807) is 48.5 Å². The molecule has 206 valence electrons. The molecule has 0 radical (unpaired) electrons. The Morgan fingerprint density at radius 1 is 0.650 bits per heavy atom. The number of aliphatic carboxylic acids is 1. The molecule has 0 aliphatic heterocycles. The third-order valence-electron chi connectivity index (χ3n) is 6.59. The number of amides is 1. The van der Waals surface area contributed by atoms with E-state index >= 15 is 0 Å². The molecule has 1 amide bonds. The van der Waals surface area contributed by atoms with Crippen molar-refractivity contribution in [3.63, 3.8) is 0 Å². The second-order valence-electron chi connectivity index (χ2n) is 9.50. The number of halogens is 3. The van der Waals surface area contributed by atoms with Crippen LogP contribution in [0.3, 0.4) is 0 Å². The fourth-order valence-electron chi connectivity index (χ4n) is 4.71. The molecular weight excluding hydrogens is 519 g/mol. The minimum absolute atomic E-state index is 0.0217. The van der Waals surface area contributed by atoms with Crippen LogP contribution in [0, 0.1) is 0 Å². The van der Waals surface area contributed by atoms with Gasteiger partial charge in [0.2, 0.25) is 5.91 Å². The first-order chi connectivity index (χ1) is 19.1. The molecule has 0 fully saturated rings. The van der Waals surface area contributed by atoms with Crippen molar-refractivity contribution in [2.45, 2.75) is 37.7 Å². The van der Waals surface area contributed by atoms with E-state index in [1.807, 2.05) is 42.5 Å². The van der Waals surface area contributed by atoms with Crippen LogP contribution in [-0.4, -0.2) is 33.8 Å². The highest BCUT2D eigenvalue weighted by atomic mass is 19.4. The number of nitrogens with zero attached hydrogens (tertiary/aromatic N) is 1. The van der Waals surface area contributed by atoms with Crippen LogP contribution in [0.5, 0.6) is 5.75 Å². The standard InChI is InChI=1S/C32H28F3NO4/c33-32(34,35)40-28-18-16-27(17-19-28)23-36(29(37)20-24-10-4-1-5-11-24)31(30(38)39,21-25-12-6-2-7-13-25)22-26-14-8-3-9-15-26/h1-19H,20-23H2,(H,38,39). The lowest BCUT2D eigenvalue weighted by atomic mass is 9.82. The first-order valence-electron chi connectivity index (χ1n) is 12.6. The summed E-state index contributed by atoms with van der Waals surface area (Å²) < 4.78 is 42.0. The summed E-state index contributed by atoms with van der Waals surface area (Å²) >= 11 is 0. The lowest BCUT2D eigenvalue weighted by Gasteiger charge is -2.41. The van der Waals surface area contributed by atoms with Gasteiger partial charge in [-0.3, -0.25) is 4.79 Å². The van der Waals surface area contributed by atoms with Crippen LogP contribution in [-0.2, 0) is 35.4 Å². The second-order valence-corrected chi connectivity index (χ2v) is 9.50. The average molecular weight is 548 g/mol. The first-order valence-corrected chi connectivity index (χ1v) is 12.6. The predicted octanol–water partition coefficient (Wildman–Crippen LogP) is 6.47. The maximum atomic E-state index is 14.0. The van der Waals surface area contributed by atoms with E-state index in [-0.39, 0.29) is 25.8 Å². The zero-order valence-corrected chi connectivity index (χ0v) is 21.6. The summed E-state index contributed by atoms with van der Waals surface area (Å²) in [6.45, 7) is -0.135. The average Bonchev–Trinajstić information content (AvgIpc) is 2.93. The zero-order chi connectivity index (χ0) is 28.6. The monoisotopic (exact) mass is 547 g/mol. The molecular formula is C32H28F3NO4. The Bertz CT molecular complexity index is 1350. The number of alkyl halides is 3. The minimum atomic E-state index is -4.84. The molecule has 0 unspecified atom stereocenters. The summed E-state index contributed by atoms with van der Waals surface area (Å²) in [5.41, 5.74) is 0.933. The molecule has 40 heavy (non-hydrogen) atoms. The Morgan fingerprint density at radius 2 is 1.10 bits per heavy atom. The number of rotatable bonds is 11. The predicted molar refractivity (Wildman–Crippen MR) is 144 cm³/mol. The summed E-state index contributed by atoms with van der Waals surface area (Å²) in [5.74, 6) is -2.01. The van der Waals surface area contributed by atoms with Crippen LogP contribution in [0.15, 0.2) is 115 Å². The quantitative estimate of drug-likeness (QED) is 0.234. The van der Waals surface area contributed by atoms with Crippen LogP contribution in [0.4, 0.5) is 13.2 Å². The van der Waals surface area contributed by atoms with Crippen molar-refractivity contribution in [1.29, 1.82) is 0 Å². The van der Waals surface area contributed by atoms with Gasteiger partial charge in [0.25, 0.3) is 0 Å². The molecule has 4 rings (SSSR count). The van der Waals surface area contributed by atoms with Gasteiger partial charge >= 0.3 is 12.3 Å². The normalized spacial score (nSPS) is 11.6. The fourth-order valence-corrected chi connectivity index (χ4v) is 4.71. The van der Waals surface area contributed by atoms with E-state index in [4.69, 9.17) is 0 Å². The largest absolute Gasteiger partial charge is 0.573 e. The number of ether oxygens (including phenoxy) is 1. The van der Waals surface area contributed by atoms with E-state index in [9.17, 15) is 27.9 Å². The van der Waals surface area contributed by atoms with Gasteiger partial charge < -0.3 is 14.7 Å². The van der Waals surface area contributed by atoms with Gasteiger partial charge in [0.1, 0.15) is 11.3 Å². The van der Waals surface area contributed by atoms with Crippen molar-refractivity contribution >= 4 is 11.9 Å². The molecule has 0 saturated carbocycles. The van der Waals surface area contributed by atoms with Crippen LogP contribution < -0.4 is 4.74 Å². The topological polar surface area (TPSA) is 66.8 Å². The molecule has 0 aromatic heterocycles. The van der Waals surface area contributed by atoms with Gasteiger partial charge in [-0.1, -0.05) is 103 Å². The number of hydrogen-bond donors (Lipinski definition) is 1. The minimum Gasteiger partial charge on any atom is -0.479 e. The van der Waals surface area contributed by atoms with Crippen LogP contribution >= 0.6 is 0 Å². The van der Waals surface area contributed by atoms with Gasteiger partial charge in [-0.15, -0.1) is 13.2 Å². The zero-order valence-electron chi connectivity index (χ0n) is 21.6. The van der Waals surface area contributed by atoms with Crippen molar-refractivity contribution in [2.24, 2.45) is 0 Å². The van der Waals surface area contributed by atoms with Gasteiger partial charge in [-0.2, -0.15) is 0 Å². The lowest BCUT2D eigenvalue weighted by molar-refractivity contribution is -0.274. The summed E-state index contributed by atoms with van der Waals surface area (Å²) in [4.78, 5) is 28.6. The Labute approximate surface area is 230 Å². The molecule has 8 heteroatoms. The summed E-state index contributed by atoms with van der Waals surface area (Å²) in [6, 6.07) is 32.2. The summed E-state index contributed by atoms with van der Waals surface area (Å²) in [6.07, 6.45) is -4.85. The molecule has 0 aliphatic rings. The number of benzene rings is 4. The van der Waals surface area contributed by atoms with E-state index in [0.29, 0.717) is 11.1 Å². The van der Waals surface area contributed by atoms with E-state index in [2.05, 4.69) is 4.74 Å². The van der Waals surface area contributed by atoms with Crippen molar-refractivity contribution < 1.29 is 32.6 Å². The van der Waals surface area contributed by atoms with E-state index in [0.717, 1.165) is 23.3 Å².